The first kappa shape index (κ1) is 18.4. The van der Waals surface area contributed by atoms with Gasteiger partial charge in [0, 0.05) is 12.0 Å². The van der Waals surface area contributed by atoms with E-state index in [1.807, 2.05) is 72.8 Å². The molecule has 0 radical (unpaired) electrons. The second-order valence-electron chi connectivity index (χ2n) is 7.69. The lowest BCUT2D eigenvalue weighted by Crippen LogP contribution is -2.47. The standard InChI is InChI=1S/C25H22N2O3/c28-24(19-11-5-2-6-12-19)27-17-20-15-22(27)25(29)26(16-18-9-3-1-4-10-18)21-13-7-8-14-23(21)30-20/h1-14,20,22H,15-17H2/t20-,22-/m0/s1. The van der Waals surface area contributed by atoms with Crippen molar-refractivity contribution < 1.29 is 14.3 Å². The van der Waals surface area contributed by atoms with Gasteiger partial charge in [-0.25, -0.2) is 0 Å². The van der Waals surface area contributed by atoms with E-state index in [4.69, 9.17) is 4.74 Å². The van der Waals surface area contributed by atoms with Crippen molar-refractivity contribution in [3.63, 3.8) is 0 Å². The van der Waals surface area contributed by atoms with Gasteiger partial charge < -0.3 is 14.5 Å². The molecule has 2 aliphatic rings. The Kier molecular flexibility index (Phi) is 4.71. The van der Waals surface area contributed by atoms with E-state index in [-0.39, 0.29) is 17.9 Å². The highest BCUT2D eigenvalue weighted by Crippen LogP contribution is 2.37. The first-order valence-corrected chi connectivity index (χ1v) is 10.2. The summed E-state index contributed by atoms with van der Waals surface area (Å²) in [5, 5.41) is 0. The van der Waals surface area contributed by atoms with Crippen molar-refractivity contribution in [2.45, 2.75) is 25.1 Å². The van der Waals surface area contributed by atoms with Crippen molar-refractivity contribution in [1.82, 2.24) is 4.90 Å². The molecular formula is C25H22N2O3. The van der Waals surface area contributed by atoms with Crippen molar-refractivity contribution in [2.75, 3.05) is 11.4 Å². The van der Waals surface area contributed by atoms with Crippen molar-refractivity contribution in [1.29, 1.82) is 0 Å². The van der Waals surface area contributed by atoms with Gasteiger partial charge in [0.15, 0.2) is 0 Å². The van der Waals surface area contributed by atoms with E-state index >= 15 is 0 Å². The largest absolute Gasteiger partial charge is 0.486 e. The molecule has 5 nitrogen and oxygen atoms in total. The van der Waals surface area contributed by atoms with Gasteiger partial charge in [0.2, 0.25) is 5.91 Å². The summed E-state index contributed by atoms with van der Waals surface area (Å²) in [6, 6.07) is 26.1. The van der Waals surface area contributed by atoms with Crippen LogP contribution in [0.5, 0.6) is 5.75 Å². The lowest BCUT2D eigenvalue weighted by molar-refractivity contribution is -0.122. The summed E-state index contributed by atoms with van der Waals surface area (Å²) in [6.45, 7) is 0.826. The molecule has 2 heterocycles. The molecule has 0 N–H and O–H groups in total. The van der Waals surface area contributed by atoms with Gasteiger partial charge in [-0.1, -0.05) is 60.7 Å². The molecule has 2 atom stereocenters. The maximum Gasteiger partial charge on any atom is 0.254 e. The number of carbonyl (C=O) groups excluding carboxylic acids is 2. The van der Waals surface area contributed by atoms with Gasteiger partial charge in [-0.3, -0.25) is 9.59 Å². The van der Waals surface area contributed by atoms with Gasteiger partial charge in [0.05, 0.1) is 18.8 Å². The van der Waals surface area contributed by atoms with Crippen molar-refractivity contribution in [2.24, 2.45) is 0 Å². The molecule has 5 rings (SSSR count). The molecule has 3 aromatic carbocycles. The highest BCUT2D eigenvalue weighted by molar-refractivity contribution is 6.03. The van der Waals surface area contributed by atoms with Crippen LogP contribution in [-0.4, -0.2) is 35.4 Å². The maximum absolute atomic E-state index is 13.7. The highest BCUT2D eigenvalue weighted by Gasteiger charge is 2.45. The third kappa shape index (κ3) is 3.32. The van der Waals surface area contributed by atoms with Crippen LogP contribution in [0.4, 0.5) is 5.69 Å². The molecule has 5 heteroatoms. The van der Waals surface area contributed by atoms with E-state index in [9.17, 15) is 9.59 Å². The SMILES string of the molecule is O=C1[C@@H]2C[C@@H](CN2C(=O)c2ccccc2)Oc2ccccc2N1Cc1ccccc1. The molecule has 0 saturated carbocycles. The Balaban J connectivity index is 1.53. The summed E-state index contributed by atoms with van der Waals surface area (Å²) < 4.78 is 6.27. The van der Waals surface area contributed by atoms with Crippen LogP contribution in [0.1, 0.15) is 22.3 Å². The summed E-state index contributed by atoms with van der Waals surface area (Å²) in [6.07, 6.45) is 0.295. The Hall–Kier alpha value is -3.60. The average Bonchev–Trinajstić information content (AvgIpc) is 3.22. The monoisotopic (exact) mass is 398 g/mol. The maximum atomic E-state index is 13.7. The Morgan fingerprint density at radius 3 is 2.33 bits per heavy atom. The molecule has 2 aliphatic heterocycles. The van der Waals surface area contributed by atoms with Gasteiger partial charge in [0.25, 0.3) is 5.91 Å². The van der Waals surface area contributed by atoms with Crippen LogP contribution in [0.15, 0.2) is 84.9 Å². The van der Waals surface area contributed by atoms with Crippen LogP contribution >= 0.6 is 0 Å². The third-order valence-electron chi connectivity index (χ3n) is 5.73. The van der Waals surface area contributed by atoms with Crippen LogP contribution < -0.4 is 9.64 Å². The smallest absolute Gasteiger partial charge is 0.254 e. The van der Waals surface area contributed by atoms with E-state index in [2.05, 4.69) is 0 Å². The third-order valence-corrected chi connectivity index (χ3v) is 5.73. The number of benzene rings is 3. The van der Waals surface area contributed by atoms with E-state index in [1.54, 1.807) is 21.9 Å². The molecule has 0 aliphatic carbocycles. The number of amides is 2. The summed E-state index contributed by atoms with van der Waals surface area (Å²) in [4.78, 5) is 30.4. The molecule has 3 aromatic rings. The summed E-state index contributed by atoms with van der Waals surface area (Å²) in [7, 11) is 0. The summed E-state index contributed by atoms with van der Waals surface area (Å²) >= 11 is 0. The number of carbonyl (C=O) groups is 2. The van der Waals surface area contributed by atoms with Gasteiger partial charge in [0.1, 0.15) is 17.9 Å². The number of hydrogen-bond acceptors (Lipinski definition) is 3. The molecule has 0 spiro atoms. The molecule has 0 aromatic heterocycles. The fourth-order valence-corrected chi connectivity index (χ4v) is 4.27. The average molecular weight is 398 g/mol. The molecule has 0 unspecified atom stereocenters. The van der Waals surface area contributed by atoms with Gasteiger partial charge in [-0.05, 0) is 29.8 Å². The zero-order valence-corrected chi connectivity index (χ0v) is 16.5. The zero-order chi connectivity index (χ0) is 20.5. The van der Waals surface area contributed by atoms with Crippen LogP contribution in [0, 0.1) is 0 Å². The number of nitrogens with zero attached hydrogens (tertiary/aromatic N) is 2. The minimum Gasteiger partial charge on any atom is -0.486 e. The van der Waals surface area contributed by atoms with E-state index in [1.165, 1.54) is 0 Å². The minimum absolute atomic E-state index is 0.0682. The van der Waals surface area contributed by atoms with E-state index < -0.39 is 6.04 Å². The van der Waals surface area contributed by atoms with Crippen molar-refractivity contribution in [3.05, 3.63) is 96.1 Å². The molecule has 2 amide bonds. The first-order valence-electron chi connectivity index (χ1n) is 10.2. The van der Waals surface area contributed by atoms with Crippen LogP contribution in [0.25, 0.3) is 0 Å². The van der Waals surface area contributed by atoms with Crippen LogP contribution in [0.2, 0.25) is 0 Å². The number of hydrogen-bond donors (Lipinski definition) is 0. The molecule has 1 saturated heterocycles. The first-order chi connectivity index (χ1) is 14.7. The second kappa shape index (κ2) is 7.67. The Labute approximate surface area is 175 Å². The van der Waals surface area contributed by atoms with E-state index in [0.29, 0.717) is 30.8 Å². The second-order valence-corrected chi connectivity index (χ2v) is 7.69. The quantitative estimate of drug-likeness (QED) is 0.672. The number of likely N-dealkylation sites (tertiary alicyclic amines) is 1. The normalized spacial score (nSPS) is 20.2. The number of anilines is 1. The fraction of sp³-hybridized carbons (Fsp3) is 0.200. The lowest BCUT2D eigenvalue weighted by Gasteiger charge is -2.32. The predicted octanol–water partition coefficient (Wildman–Crippen LogP) is 3.90. The van der Waals surface area contributed by atoms with Crippen molar-refractivity contribution in [3.8, 4) is 5.75 Å². The van der Waals surface area contributed by atoms with E-state index in [0.717, 1.165) is 11.3 Å². The molecule has 1 fully saturated rings. The van der Waals surface area contributed by atoms with Gasteiger partial charge in [-0.2, -0.15) is 0 Å². The molecule has 150 valence electrons. The molecule has 30 heavy (non-hydrogen) atoms. The Morgan fingerprint density at radius 1 is 0.900 bits per heavy atom. The highest BCUT2D eigenvalue weighted by atomic mass is 16.5. The molecular weight excluding hydrogens is 376 g/mol. The Morgan fingerprint density at radius 2 is 1.57 bits per heavy atom. The Bertz CT molecular complexity index is 1070. The van der Waals surface area contributed by atoms with Crippen LogP contribution in [0.3, 0.4) is 0 Å². The zero-order valence-electron chi connectivity index (χ0n) is 16.5. The predicted molar refractivity (Wildman–Crippen MR) is 114 cm³/mol. The molecule has 2 bridgehead atoms. The van der Waals surface area contributed by atoms with Crippen molar-refractivity contribution >= 4 is 17.5 Å². The summed E-state index contributed by atoms with van der Waals surface area (Å²) in [5.74, 6) is 0.478. The number of para-hydroxylation sites is 2. The van der Waals surface area contributed by atoms with Gasteiger partial charge in [-0.15, -0.1) is 0 Å². The number of rotatable bonds is 3. The lowest BCUT2D eigenvalue weighted by atomic mass is 10.1. The topological polar surface area (TPSA) is 49.9 Å². The van der Waals surface area contributed by atoms with Crippen LogP contribution in [-0.2, 0) is 11.3 Å². The number of ether oxygens (including phenoxy) is 1. The fourth-order valence-electron chi connectivity index (χ4n) is 4.27. The number of fused-ring (bicyclic) bond motifs is 3. The minimum atomic E-state index is -0.542. The summed E-state index contributed by atoms with van der Waals surface area (Å²) in [5.41, 5.74) is 2.36. The van der Waals surface area contributed by atoms with Gasteiger partial charge >= 0.3 is 0 Å².